The van der Waals surface area contributed by atoms with Crippen molar-refractivity contribution in [2.75, 3.05) is 11.4 Å². The van der Waals surface area contributed by atoms with Crippen LogP contribution in [0.2, 0.25) is 0 Å². The quantitative estimate of drug-likeness (QED) is 0.896. The largest absolute Gasteiger partial charge is 0.508 e. The van der Waals surface area contributed by atoms with Crippen molar-refractivity contribution < 1.29 is 5.11 Å². The van der Waals surface area contributed by atoms with Gasteiger partial charge in [0.2, 0.25) is 0 Å². The second-order valence-electron chi connectivity index (χ2n) is 5.37. The lowest BCUT2D eigenvalue weighted by molar-refractivity contribution is 0.450. The van der Waals surface area contributed by atoms with Crippen LogP contribution < -0.4 is 4.90 Å². The van der Waals surface area contributed by atoms with Crippen molar-refractivity contribution in [1.29, 1.82) is 0 Å². The summed E-state index contributed by atoms with van der Waals surface area (Å²) in [7, 11) is 0. The molecule has 0 heterocycles. The summed E-state index contributed by atoms with van der Waals surface area (Å²) in [6.07, 6.45) is 3.28. The number of phenolic OH excluding ortho intramolecular Hbond substituents is 1. The van der Waals surface area contributed by atoms with Crippen molar-refractivity contribution in [3.05, 3.63) is 59.7 Å². The SMILES string of the molecule is CCN(c1ccccc1)C1CCCc2c(O)cccc21. The molecular weight excluding hydrogens is 246 g/mol. The monoisotopic (exact) mass is 267 g/mol. The molecule has 3 rings (SSSR count). The minimum absolute atomic E-state index is 0.373. The van der Waals surface area contributed by atoms with Crippen LogP contribution in [0.25, 0.3) is 0 Å². The van der Waals surface area contributed by atoms with Gasteiger partial charge in [0.05, 0.1) is 6.04 Å². The van der Waals surface area contributed by atoms with Crippen LogP contribution in [-0.4, -0.2) is 11.7 Å². The number of fused-ring (bicyclic) bond motifs is 1. The molecule has 2 aromatic rings. The minimum Gasteiger partial charge on any atom is -0.508 e. The fourth-order valence-electron chi connectivity index (χ4n) is 3.33. The molecular formula is C18H21NO. The normalized spacial score (nSPS) is 17.6. The van der Waals surface area contributed by atoms with Crippen molar-refractivity contribution in [1.82, 2.24) is 0 Å². The third-order valence-electron chi connectivity index (χ3n) is 4.26. The Hall–Kier alpha value is -1.96. The highest BCUT2D eigenvalue weighted by Crippen LogP contribution is 2.39. The second-order valence-corrected chi connectivity index (χ2v) is 5.37. The van der Waals surface area contributed by atoms with E-state index in [4.69, 9.17) is 0 Å². The Morgan fingerprint density at radius 1 is 1.10 bits per heavy atom. The molecule has 1 atom stereocenters. The van der Waals surface area contributed by atoms with Crippen LogP contribution in [0.15, 0.2) is 48.5 Å². The fourth-order valence-corrected chi connectivity index (χ4v) is 3.33. The third-order valence-corrected chi connectivity index (χ3v) is 4.26. The summed E-state index contributed by atoms with van der Waals surface area (Å²) in [6.45, 7) is 3.17. The second kappa shape index (κ2) is 5.58. The van der Waals surface area contributed by atoms with Gasteiger partial charge in [0.1, 0.15) is 5.75 Å². The predicted molar refractivity (Wildman–Crippen MR) is 83.2 cm³/mol. The molecule has 0 saturated carbocycles. The van der Waals surface area contributed by atoms with E-state index in [1.165, 1.54) is 11.3 Å². The topological polar surface area (TPSA) is 23.5 Å². The first-order valence-electron chi connectivity index (χ1n) is 7.43. The highest BCUT2D eigenvalue weighted by Gasteiger charge is 2.26. The maximum atomic E-state index is 10.1. The first-order chi connectivity index (χ1) is 9.81. The molecule has 0 bridgehead atoms. The molecule has 0 amide bonds. The number of anilines is 1. The van der Waals surface area contributed by atoms with Crippen LogP contribution in [0.3, 0.4) is 0 Å². The zero-order chi connectivity index (χ0) is 13.9. The summed E-state index contributed by atoms with van der Waals surface area (Å²) < 4.78 is 0. The Morgan fingerprint density at radius 3 is 2.65 bits per heavy atom. The molecule has 104 valence electrons. The predicted octanol–water partition coefficient (Wildman–Crippen LogP) is 4.30. The van der Waals surface area contributed by atoms with Gasteiger partial charge in [0.15, 0.2) is 0 Å². The maximum absolute atomic E-state index is 10.1. The number of rotatable bonds is 3. The van der Waals surface area contributed by atoms with Crippen LogP contribution >= 0.6 is 0 Å². The number of para-hydroxylation sites is 1. The van der Waals surface area contributed by atoms with E-state index < -0.39 is 0 Å². The number of hydrogen-bond donors (Lipinski definition) is 1. The Labute approximate surface area is 120 Å². The lowest BCUT2D eigenvalue weighted by atomic mass is 9.86. The molecule has 1 unspecified atom stereocenters. The first-order valence-corrected chi connectivity index (χ1v) is 7.43. The molecule has 0 spiro atoms. The van der Waals surface area contributed by atoms with Gasteiger partial charge in [0.25, 0.3) is 0 Å². The summed E-state index contributed by atoms with van der Waals surface area (Å²) in [5.74, 6) is 0.455. The van der Waals surface area contributed by atoms with Crippen molar-refractivity contribution in [3.63, 3.8) is 0 Å². The van der Waals surface area contributed by atoms with E-state index in [-0.39, 0.29) is 0 Å². The van der Waals surface area contributed by atoms with Crippen LogP contribution in [0, 0.1) is 0 Å². The molecule has 0 saturated heterocycles. The van der Waals surface area contributed by atoms with Gasteiger partial charge in [0, 0.05) is 12.2 Å². The maximum Gasteiger partial charge on any atom is 0.119 e. The van der Waals surface area contributed by atoms with Gasteiger partial charge < -0.3 is 10.0 Å². The van der Waals surface area contributed by atoms with Gasteiger partial charge in [-0.25, -0.2) is 0 Å². The fraction of sp³-hybridized carbons (Fsp3) is 0.333. The molecule has 1 N–H and O–H groups in total. The van der Waals surface area contributed by atoms with E-state index in [1.54, 1.807) is 6.07 Å². The first kappa shape index (κ1) is 13.0. The van der Waals surface area contributed by atoms with Gasteiger partial charge in [-0.3, -0.25) is 0 Å². The number of phenols is 1. The third kappa shape index (κ3) is 2.26. The summed E-state index contributed by atoms with van der Waals surface area (Å²) >= 11 is 0. The summed E-state index contributed by atoms with van der Waals surface area (Å²) in [5, 5.41) is 10.1. The van der Waals surface area contributed by atoms with E-state index in [2.05, 4.69) is 48.2 Å². The number of hydrogen-bond acceptors (Lipinski definition) is 2. The molecule has 0 fully saturated rings. The van der Waals surface area contributed by atoms with E-state index in [0.29, 0.717) is 11.8 Å². The molecule has 2 aromatic carbocycles. The van der Waals surface area contributed by atoms with Gasteiger partial charge in [-0.1, -0.05) is 30.3 Å². The summed E-state index contributed by atoms with van der Waals surface area (Å²) in [4.78, 5) is 2.44. The van der Waals surface area contributed by atoms with Crippen molar-refractivity contribution >= 4 is 5.69 Å². The highest BCUT2D eigenvalue weighted by atomic mass is 16.3. The molecule has 1 aliphatic rings. The van der Waals surface area contributed by atoms with Gasteiger partial charge in [-0.2, -0.15) is 0 Å². The van der Waals surface area contributed by atoms with Crippen LogP contribution in [-0.2, 0) is 6.42 Å². The van der Waals surface area contributed by atoms with Crippen molar-refractivity contribution in [2.24, 2.45) is 0 Å². The molecule has 1 aliphatic carbocycles. The molecule has 0 radical (unpaired) electrons. The molecule has 20 heavy (non-hydrogen) atoms. The van der Waals surface area contributed by atoms with Gasteiger partial charge in [-0.15, -0.1) is 0 Å². The van der Waals surface area contributed by atoms with Crippen LogP contribution in [0.5, 0.6) is 5.75 Å². The van der Waals surface area contributed by atoms with E-state index >= 15 is 0 Å². The Balaban J connectivity index is 2.01. The lowest BCUT2D eigenvalue weighted by Crippen LogP contribution is -2.31. The highest BCUT2D eigenvalue weighted by molar-refractivity contribution is 5.52. The summed E-state index contributed by atoms with van der Waals surface area (Å²) in [6, 6.07) is 16.9. The number of nitrogens with zero attached hydrogens (tertiary/aromatic N) is 1. The molecule has 0 aliphatic heterocycles. The van der Waals surface area contributed by atoms with E-state index in [9.17, 15) is 5.11 Å². The van der Waals surface area contributed by atoms with Gasteiger partial charge in [-0.05, 0) is 55.5 Å². The van der Waals surface area contributed by atoms with E-state index in [0.717, 1.165) is 31.4 Å². The lowest BCUT2D eigenvalue weighted by Gasteiger charge is -2.37. The Morgan fingerprint density at radius 2 is 1.90 bits per heavy atom. The number of aromatic hydroxyl groups is 1. The zero-order valence-corrected chi connectivity index (χ0v) is 11.9. The zero-order valence-electron chi connectivity index (χ0n) is 11.9. The van der Waals surface area contributed by atoms with Crippen LogP contribution in [0.4, 0.5) is 5.69 Å². The minimum atomic E-state index is 0.373. The smallest absolute Gasteiger partial charge is 0.119 e. The van der Waals surface area contributed by atoms with Crippen molar-refractivity contribution in [2.45, 2.75) is 32.2 Å². The molecule has 2 heteroatoms. The van der Waals surface area contributed by atoms with Crippen molar-refractivity contribution in [3.8, 4) is 5.75 Å². The van der Waals surface area contributed by atoms with Crippen LogP contribution in [0.1, 0.15) is 36.9 Å². The average Bonchev–Trinajstić information content (AvgIpc) is 2.50. The van der Waals surface area contributed by atoms with Gasteiger partial charge >= 0.3 is 0 Å². The number of benzene rings is 2. The standard InChI is InChI=1S/C18H21NO/c1-2-19(14-8-4-3-5-9-14)17-12-6-11-16-15(17)10-7-13-18(16)20/h3-5,7-10,13,17,20H,2,6,11-12H2,1H3. The van der Waals surface area contributed by atoms with E-state index in [1.807, 2.05) is 6.07 Å². The Kier molecular flexibility index (Phi) is 3.64. The summed E-state index contributed by atoms with van der Waals surface area (Å²) in [5.41, 5.74) is 3.69. The molecule has 2 nitrogen and oxygen atoms in total. The molecule has 0 aromatic heterocycles. The average molecular weight is 267 g/mol. The Bertz CT molecular complexity index is 579.